The lowest BCUT2D eigenvalue weighted by Crippen LogP contribution is -2.16. The molecule has 0 saturated heterocycles. The Bertz CT molecular complexity index is 408. The zero-order valence-corrected chi connectivity index (χ0v) is 10.2. The number of aryl methyl sites for hydroxylation is 1. The summed E-state index contributed by atoms with van der Waals surface area (Å²) in [4.78, 5) is 4.52. The van der Waals surface area contributed by atoms with E-state index in [0.29, 0.717) is 0 Å². The van der Waals surface area contributed by atoms with Crippen molar-refractivity contribution in [1.82, 2.24) is 10.3 Å². The van der Waals surface area contributed by atoms with Gasteiger partial charge in [-0.2, -0.15) is 0 Å². The Morgan fingerprint density at radius 3 is 3.12 bits per heavy atom. The van der Waals surface area contributed by atoms with Crippen LogP contribution in [0.25, 0.3) is 0 Å². The van der Waals surface area contributed by atoms with Gasteiger partial charge in [-0.15, -0.1) is 11.3 Å². The molecule has 0 fully saturated rings. The smallest absolute Gasteiger partial charge is 0.117 e. The second kappa shape index (κ2) is 5.82. The second-order valence-corrected chi connectivity index (χ2v) is 4.53. The van der Waals surface area contributed by atoms with Gasteiger partial charge in [-0.05, 0) is 18.6 Å². The van der Waals surface area contributed by atoms with E-state index in [1.165, 1.54) is 10.7 Å². The van der Waals surface area contributed by atoms with Crippen LogP contribution in [-0.2, 0) is 19.4 Å². The molecule has 3 nitrogen and oxygen atoms in total. The number of hydrogen-bond acceptors (Lipinski definition) is 4. The molecule has 0 spiro atoms. The van der Waals surface area contributed by atoms with Gasteiger partial charge in [0.1, 0.15) is 5.76 Å². The third-order valence-electron chi connectivity index (χ3n) is 2.34. The van der Waals surface area contributed by atoms with E-state index >= 15 is 0 Å². The lowest BCUT2D eigenvalue weighted by atomic mass is 10.3. The van der Waals surface area contributed by atoms with Gasteiger partial charge >= 0.3 is 0 Å². The molecule has 2 aromatic rings. The highest BCUT2D eigenvalue weighted by Crippen LogP contribution is 2.10. The Balaban J connectivity index is 1.68. The lowest BCUT2D eigenvalue weighted by Gasteiger charge is -2.00. The number of hydrogen-bond donors (Lipinski definition) is 1. The van der Waals surface area contributed by atoms with Crippen molar-refractivity contribution in [3.8, 4) is 0 Å². The molecule has 0 unspecified atom stereocenters. The maximum Gasteiger partial charge on any atom is 0.117 e. The number of aromatic nitrogens is 1. The number of nitrogens with one attached hydrogen (secondary N) is 1. The Morgan fingerprint density at radius 2 is 2.44 bits per heavy atom. The predicted molar refractivity (Wildman–Crippen MR) is 65.6 cm³/mol. The number of nitrogens with zero attached hydrogens (tertiary/aromatic N) is 1. The lowest BCUT2D eigenvalue weighted by molar-refractivity contribution is 0.484. The molecule has 2 rings (SSSR count). The van der Waals surface area contributed by atoms with Crippen molar-refractivity contribution in [3.63, 3.8) is 0 Å². The van der Waals surface area contributed by atoms with Crippen molar-refractivity contribution in [2.45, 2.75) is 26.3 Å². The molecule has 0 aliphatic carbocycles. The minimum Gasteiger partial charge on any atom is -0.468 e. The number of rotatable bonds is 6. The van der Waals surface area contributed by atoms with Gasteiger partial charge in [0.05, 0.1) is 23.5 Å². The Kier molecular flexibility index (Phi) is 4.13. The Morgan fingerprint density at radius 1 is 1.50 bits per heavy atom. The number of thiazole rings is 1. The van der Waals surface area contributed by atoms with Crippen LogP contribution >= 0.6 is 11.3 Å². The molecule has 0 bridgehead atoms. The molecule has 0 aliphatic rings. The minimum absolute atomic E-state index is 0.789. The van der Waals surface area contributed by atoms with Crippen molar-refractivity contribution in [2.24, 2.45) is 0 Å². The highest BCUT2D eigenvalue weighted by atomic mass is 32.1. The molecular formula is C12H16N2OS. The summed E-state index contributed by atoms with van der Waals surface area (Å²) >= 11 is 1.75. The monoisotopic (exact) mass is 236 g/mol. The fourth-order valence-electron chi connectivity index (χ4n) is 1.47. The maximum atomic E-state index is 5.23. The van der Waals surface area contributed by atoms with Gasteiger partial charge in [-0.3, -0.25) is 0 Å². The molecule has 16 heavy (non-hydrogen) atoms. The Labute approximate surface area is 99.5 Å². The molecule has 86 valence electrons. The fraction of sp³-hybridized carbons (Fsp3) is 0.417. The van der Waals surface area contributed by atoms with E-state index in [1.807, 2.05) is 12.1 Å². The van der Waals surface area contributed by atoms with Gasteiger partial charge in [0.25, 0.3) is 0 Å². The molecule has 0 aromatic carbocycles. The van der Waals surface area contributed by atoms with Gasteiger partial charge < -0.3 is 9.73 Å². The van der Waals surface area contributed by atoms with Crippen LogP contribution in [0.4, 0.5) is 0 Å². The largest absolute Gasteiger partial charge is 0.468 e. The summed E-state index contributed by atoms with van der Waals surface area (Å²) in [5.41, 5.74) is 1.19. The highest BCUT2D eigenvalue weighted by Gasteiger charge is 2.00. The van der Waals surface area contributed by atoms with Crippen LogP contribution < -0.4 is 5.32 Å². The highest BCUT2D eigenvalue weighted by molar-refractivity contribution is 7.09. The maximum absolute atomic E-state index is 5.23. The molecule has 0 aliphatic heterocycles. The summed E-state index contributed by atoms with van der Waals surface area (Å²) in [6.07, 6.45) is 3.71. The zero-order chi connectivity index (χ0) is 11.2. The normalized spacial score (nSPS) is 10.8. The fourth-order valence-corrected chi connectivity index (χ4v) is 2.25. The summed E-state index contributed by atoms with van der Waals surface area (Å²) in [5, 5.41) is 6.70. The van der Waals surface area contributed by atoms with Crippen molar-refractivity contribution in [3.05, 3.63) is 40.2 Å². The summed E-state index contributed by atoms with van der Waals surface area (Å²) in [7, 11) is 0. The van der Waals surface area contributed by atoms with Crippen LogP contribution in [0.15, 0.2) is 28.2 Å². The second-order valence-electron chi connectivity index (χ2n) is 3.59. The first-order chi connectivity index (χ1) is 7.88. The van der Waals surface area contributed by atoms with Crippen LogP contribution in [-0.4, -0.2) is 11.5 Å². The van der Waals surface area contributed by atoms with E-state index < -0.39 is 0 Å². The average molecular weight is 236 g/mol. The average Bonchev–Trinajstić information content (AvgIpc) is 2.95. The van der Waals surface area contributed by atoms with Gasteiger partial charge in [-0.1, -0.05) is 6.92 Å². The van der Waals surface area contributed by atoms with Crippen LogP contribution in [0, 0.1) is 0 Å². The molecule has 2 aromatic heterocycles. The predicted octanol–water partition coefficient (Wildman–Crippen LogP) is 2.63. The van der Waals surface area contributed by atoms with Crippen LogP contribution in [0.1, 0.15) is 23.4 Å². The molecule has 0 amide bonds. The molecule has 2 heterocycles. The Hall–Kier alpha value is -1.13. The van der Waals surface area contributed by atoms with Crippen LogP contribution in [0.2, 0.25) is 0 Å². The molecule has 1 N–H and O–H groups in total. The van der Waals surface area contributed by atoms with Crippen molar-refractivity contribution in [2.75, 3.05) is 6.54 Å². The van der Waals surface area contributed by atoms with E-state index in [9.17, 15) is 0 Å². The van der Waals surface area contributed by atoms with Crippen molar-refractivity contribution < 1.29 is 4.42 Å². The first-order valence-electron chi connectivity index (χ1n) is 5.55. The van der Waals surface area contributed by atoms with E-state index in [4.69, 9.17) is 4.42 Å². The molecular weight excluding hydrogens is 220 g/mol. The quantitative estimate of drug-likeness (QED) is 0.783. The standard InChI is InChI=1S/C12H16N2OS/c1-2-12-14-10(9-16-12)5-6-13-8-11-4-3-7-15-11/h3-4,7,9,13H,2,5-6,8H2,1H3. The summed E-state index contributed by atoms with van der Waals surface area (Å²) < 4.78 is 5.23. The molecule has 0 radical (unpaired) electrons. The van der Waals surface area contributed by atoms with Crippen LogP contribution in [0.5, 0.6) is 0 Å². The SMILES string of the molecule is CCc1nc(CCNCc2ccco2)cs1. The summed E-state index contributed by atoms with van der Waals surface area (Å²) in [6, 6.07) is 3.88. The van der Waals surface area contributed by atoms with Gasteiger partial charge in [0.2, 0.25) is 0 Å². The van der Waals surface area contributed by atoms with Gasteiger partial charge in [0, 0.05) is 18.3 Å². The minimum atomic E-state index is 0.789. The molecule has 4 heteroatoms. The first kappa shape index (κ1) is 11.4. The summed E-state index contributed by atoms with van der Waals surface area (Å²) in [6.45, 7) is 3.86. The molecule has 0 saturated carbocycles. The van der Waals surface area contributed by atoms with E-state index in [2.05, 4.69) is 22.6 Å². The van der Waals surface area contributed by atoms with E-state index in [-0.39, 0.29) is 0 Å². The summed E-state index contributed by atoms with van der Waals surface area (Å²) in [5.74, 6) is 0.979. The topological polar surface area (TPSA) is 38.1 Å². The van der Waals surface area contributed by atoms with Crippen molar-refractivity contribution in [1.29, 1.82) is 0 Å². The molecule has 0 atom stereocenters. The number of furan rings is 1. The van der Waals surface area contributed by atoms with Crippen molar-refractivity contribution >= 4 is 11.3 Å². The first-order valence-corrected chi connectivity index (χ1v) is 6.43. The third-order valence-corrected chi connectivity index (χ3v) is 3.38. The third kappa shape index (κ3) is 3.18. The van der Waals surface area contributed by atoms with E-state index in [0.717, 1.165) is 31.7 Å². The van der Waals surface area contributed by atoms with Crippen LogP contribution in [0.3, 0.4) is 0 Å². The van der Waals surface area contributed by atoms with E-state index in [1.54, 1.807) is 17.6 Å². The van der Waals surface area contributed by atoms with Gasteiger partial charge in [0.15, 0.2) is 0 Å². The zero-order valence-electron chi connectivity index (χ0n) is 9.40. The van der Waals surface area contributed by atoms with Gasteiger partial charge in [-0.25, -0.2) is 4.98 Å².